The average molecular weight is 268 g/mol. The van der Waals surface area contributed by atoms with Crippen LogP contribution in [0.15, 0.2) is 0 Å². The standard InChI is InChI=1S/C14H24N2O3/c15-9-14(6-1-7-14)8-12(17)16-11-4-2-10(3-5-11)13(18)19/h10-11H,1-9,15H2,(H,16,17)(H,18,19). The molecule has 0 aromatic carbocycles. The Bertz CT molecular complexity index is 339. The van der Waals surface area contributed by atoms with Crippen molar-refractivity contribution in [3.05, 3.63) is 0 Å². The van der Waals surface area contributed by atoms with E-state index in [9.17, 15) is 9.59 Å². The summed E-state index contributed by atoms with van der Waals surface area (Å²) in [5.74, 6) is -0.847. The quantitative estimate of drug-likeness (QED) is 0.700. The van der Waals surface area contributed by atoms with Gasteiger partial charge in [0, 0.05) is 12.5 Å². The Morgan fingerprint density at radius 1 is 1.21 bits per heavy atom. The van der Waals surface area contributed by atoms with Crippen LogP contribution in [0.3, 0.4) is 0 Å². The lowest BCUT2D eigenvalue weighted by Crippen LogP contribution is -2.45. The van der Waals surface area contributed by atoms with Crippen molar-refractivity contribution in [3.8, 4) is 0 Å². The third-order valence-electron chi connectivity index (χ3n) is 4.82. The lowest BCUT2D eigenvalue weighted by atomic mass is 9.66. The van der Waals surface area contributed by atoms with Crippen molar-refractivity contribution in [1.29, 1.82) is 0 Å². The lowest BCUT2D eigenvalue weighted by Gasteiger charge is -2.40. The van der Waals surface area contributed by atoms with Gasteiger partial charge in [-0.2, -0.15) is 0 Å². The van der Waals surface area contributed by atoms with E-state index in [0.29, 0.717) is 25.8 Å². The second kappa shape index (κ2) is 5.90. The molecule has 0 bridgehead atoms. The summed E-state index contributed by atoms with van der Waals surface area (Å²) in [4.78, 5) is 22.9. The normalized spacial score (nSPS) is 29.3. The zero-order chi connectivity index (χ0) is 13.9. The molecule has 5 nitrogen and oxygen atoms in total. The molecule has 5 heteroatoms. The Balaban J connectivity index is 1.73. The summed E-state index contributed by atoms with van der Waals surface area (Å²) in [7, 11) is 0. The summed E-state index contributed by atoms with van der Waals surface area (Å²) in [6, 6.07) is 0.151. The first-order chi connectivity index (χ1) is 9.04. The highest BCUT2D eigenvalue weighted by Gasteiger charge is 2.38. The van der Waals surface area contributed by atoms with Gasteiger partial charge in [-0.15, -0.1) is 0 Å². The Hall–Kier alpha value is -1.10. The van der Waals surface area contributed by atoms with Crippen molar-refractivity contribution in [2.45, 2.75) is 57.4 Å². The van der Waals surface area contributed by atoms with E-state index in [2.05, 4.69) is 5.32 Å². The SMILES string of the molecule is NCC1(CC(=O)NC2CCC(C(=O)O)CC2)CCC1. The molecule has 0 heterocycles. The number of nitrogens with one attached hydrogen (secondary N) is 1. The molecule has 2 aliphatic carbocycles. The van der Waals surface area contributed by atoms with E-state index in [1.165, 1.54) is 6.42 Å². The fourth-order valence-corrected chi connectivity index (χ4v) is 3.23. The van der Waals surface area contributed by atoms with Gasteiger partial charge in [-0.1, -0.05) is 6.42 Å². The highest BCUT2D eigenvalue weighted by Crippen LogP contribution is 2.42. The van der Waals surface area contributed by atoms with Gasteiger partial charge in [-0.3, -0.25) is 9.59 Å². The molecular weight excluding hydrogens is 244 g/mol. The summed E-state index contributed by atoms with van der Waals surface area (Å²) in [5.41, 5.74) is 5.80. The second-order valence-corrected chi connectivity index (χ2v) is 6.19. The van der Waals surface area contributed by atoms with Crippen molar-refractivity contribution in [1.82, 2.24) is 5.32 Å². The Kier molecular flexibility index (Phi) is 4.45. The lowest BCUT2D eigenvalue weighted by molar-refractivity contribution is -0.142. The van der Waals surface area contributed by atoms with Crippen LogP contribution in [0.1, 0.15) is 51.4 Å². The largest absolute Gasteiger partial charge is 0.481 e. The summed E-state index contributed by atoms with van der Waals surface area (Å²) < 4.78 is 0. The molecule has 0 unspecified atom stereocenters. The van der Waals surface area contributed by atoms with Gasteiger partial charge >= 0.3 is 5.97 Å². The number of carboxylic acid groups (broad SMARTS) is 1. The zero-order valence-corrected chi connectivity index (χ0v) is 11.4. The summed E-state index contributed by atoms with van der Waals surface area (Å²) in [6.45, 7) is 0.589. The monoisotopic (exact) mass is 268 g/mol. The number of nitrogens with two attached hydrogens (primary N) is 1. The molecule has 0 aliphatic heterocycles. The first-order valence-corrected chi connectivity index (χ1v) is 7.27. The molecule has 1 amide bonds. The van der Waals surface area contributed by atoms with Crippen LogP contribution in [-0.4, -0.2) is 29.6 Å². The average Bonchev–Trinajstić information content (AvgIpc) is 2.34. The van der Waals surface area contributed by atoms with Crippen molar-refractivity contribution in [2.24, 2.45) is 17.1 Å². The number of hydrogen-bond acceptors (Lipinski definition) is 3. The molecule has 2 saturated carbocycles. The van der Waals surface area contributed by atoms with Crippen LogP contribution < -0.4 is 11.1 Å². The number of aliphatic carboxylic acids is 1. The zero-order valence-electron chi connectivity index (χ0n) is 11.4. The van der Waals surface area contributed by atoms with E-state index in [1.54, 1.807) is 0 Å². The van der Waals surface area contributed by atoms with Crippen LogP contribution in [0.25, 0.3) is 0 Å². The Labute approximate surface area is 113 Å². The van der Waals surface area contributed by atoms with Crippen molar-refractivity contribution >= 4 is 11.9 Å². The van der Waals surface area contributed by atoms with Gasteiger partial charge in [0.2, 0.25) is 5.91 Å². The summed E-state index contributed by atoms with van der Waals surface area (Å²) >= 11 is 0. The van der Waals surface area contributed by atoms with Gasteiger partial charge in [0.25, 0.3) is 0 Å². The number of carbonyl (C=O) groups excluding carboxylic acids is 1. The van der Waals surface area contributed by atoms with Crippen LogP contribution >= 0.6 is 0 Å². The Morgan fingerprint density at radius 3 is 2.26 bits per heavy atom. The first-order valence-electron chi connectivity index (χ1n) is 7.27. The number of carboxylic acids is 1. The minimum atomic E-state index is -0.707. The van der Waals surface area contributed by atoms with E-state index in [-0.39, 0.29) is 23.3 Å². The van der Waals surface area contributed by atoms with Gasteiger partial charge in [0.1, 0.15) is 0 Å². The molecule has 108 valence electrons. The minimum absolute atomic E-state index is 0.0440. The minimum Gasteiger partial charge on any atom is -0.481 e. The fraction of sp³-hybridized carbons (Fsp3) is 0.857. The maximum absolute atomic E-state index is 12.0. The van der Waals surface area contributed by atoms with Crippen molar-refractivity contribution in [3.63, 3.8) is 0 Å². The molecule has 0 aromatic rings. The molecule has 19 heavy (non-hydrogen) atoms. The van der Waals surface area contributed by atoms with E-state index < -0.39 is 5.97 Å². The predicted octanol–water partition coefficient (Wildman–Crippen LogP) is 1.27. The van der Waals surface area contributed by atoms with E-state index in [4.69, 9.17) is 10.8 Å². The smallest absolute Gasteiger partial charge is 0.306 e. The highest BCUT2D eigenvalue weighted by molar-refractivity contribution is 5.77. The third kappa shape index (κ3) is 3.47. The summed E-state index contributed by atoms with van der Waals surface area (Å²) in [5, 5.41) is 12.0. The molecule has 0 saturated heterocycles. The van der Waals surface area contributed by atoms with Crippen LogP contribution in [0.5, 0.6) is 0 Å². The maximum atomic E-state index is 12.0. The van der Waals surface area contributed by atoms with Crippen molar-refractivity contribution < 1.29 is 14.7 Å². The molecule has 2 fully saturated rings. The van der Waals surface area contributed by atoms with Gasteiger partial charge in [-0.05, 0) is 50.5 Å². The van der Waals surface area contributed by atoms with Gasteiger partial charge in [0.15, 0.2) is 0 Å². The molecule has 0 radical (unpaired) electrons. The third-order valence-corrected chi connectivity index (χ3v) is 4.82. The van der Waals surface area contributed by atoms with E-state index in [1.807, 2.05) is 0 Å². The second-order valence-electron chi connectivity index (χ2n) is 6.19. The van der Waals surface area contributed by atoms with Gasteiger partial charge < -0.3 is 16.2 Å². The topological polar surface area (TPSA) is 92.4 Å². The van der Waals surface area contributed by atoms with E-state index >= 15 is 0 Å². The fourth-order valence-electron chi connectivity index (χ4n) is 3.23. The van der Waals surface area contributed by atoms with Crippen LogP contribution in [0.2, 0.25) is 0 Å². The molecule has 2 aliphatic rings. The van der Waals surface area contributed by atoms with Gasteiger partial charge in [-0.25, -0.2) is 0 Å². The molecule has 0 atom stereocenters. The molecule has 0 aromatic heterocycles. The molecular formula is C14H24N2O3. The van der Waals surface area contributed by atoms with Gasteiger partial charge in [0.05, 0.1) is 5.92 Å². The Morgan fingerprint density at radius 2 is 1.84 bits per heavy atom. The number of rotatable bonds is 5. The van der Waals surface area contributed by atoms with Crippen molar-refractivity contribution in [2.75, 3.05) is 6.54 Å². The van der Waals surface area contributed by atoms with Crippen LogP contribution in [0, 0.1) is 11.3 Å². The van der Waals surface area contributed by atoms with Crippen LogP contribution in [0.4, 0.5) is 0 Å². The first kappa shape index (κ1) is 14.3. The maximum Gasteiger partial charge on any atom is 0.306 e. The number of amides is 1. The number of hydrogen-bond donors (Lipinski definition) is 3. The molecule has 0 spiro atoms. The number of carbonyl (C=O) groups is 2. The highest BCUT2D eigenvalue weighted by atomic mass is 16.4. The molecule has 4 N–H and O–H groups in total. The summed E-state index contributed by atoms with van der Waals surface area (Å²) in [6.07, 6.45) is 6.71. The van der Waals surface area contributed by atoms with Crippen LogP contribution in [-0.2, 0) is 9.59 Å². The predicted molar refractivity (Wildman–Crippen MR) is 71.5 cm³/mol. The van der Waals surface area contributed by atoms with E-state index in [0.717, 1.165) is 25.7 Å². The molecule has 2 rings (SSSR count).